The zero-order chi connectivity index (χ0) is 13.2. The van der Waals surface area contributed by atoms with E-state index in [0.717, 1.165) is 13.1 Å². The van der Waals surface area contributed by atoms with E-state index in [4.69, 9.17) is 14.2 Å². The molecule has 0 aliphatic rings. The Labute approximate surface area is 109 Å². The lowest BCUT2D eigenvalue weighted by atomic mass is 10.5. The molecule has 0 amide bonds. The number of nitrogens with zero attached hydrogens (tertiary/aromatic N) is 2. The summed E-state index contributed by atoms with van der Waals surface area (Å²) in [5.41, 5.74) is 0. The van der Waals surface area contributed by atoms with Crippen LogP contribution in [0.2, 0.25) is 0 Å². The van der Waals surface area contributed by atoms with Crippen LogP contribution in [0.1, 0.15) is 12.7 Å². The highest BCUT2D eigenvalue weighted by molar-refractivity contribution is 4.78. The van der Waals surface area contributed by atoms with Crippen LogP contribution in [0.15, 0.2) is 12.4 Å². The van der Waals surface area contributed by atoms with Crippen LogP contribution in [0.5, 0.6) is 0 Å². The smallest absolute Gasteiger partial charge is 0.253 e. The van der Waals surface area contributed by atoms with Gasteiger partial charge in [-0.3, -0.25) is 0 Å². The second-order valence-corrected chi connectivity index (χ2v) is 4.04. The molecule has 0 aliphatic heterocycles. The summed E-state index contributed by atoms with van der Waals surface area (Å²) in [5.74, 6) is 1.26. The third-order valence-corrected chi connectivity index (χ3v) is 2.88. The molecule has 1 aromatic rings. The second-order valence-electron chi connectivity index (χ2n) is 4.04. The summed E-state index contributed by atoms with van der Waals surface area (Å²) in [6.45, 7) is 9.41. The van der Waals surface area contributed by atoms with Crippen LogP contribution in [0, 0.1) is 6.92 Å². The summed E-state index contributed by atoms with van der Waals surface area (Å²) in [4.78, 5) is 0. The lowest BCUT2D eigenvalue weighted by Gasteiger charge is -2.05. The third-order valence-electron chi connectivity index (χ3n) is 2.88. The number of methoxy groups -OCH3 is 1. The van der Waals surface area contributed by atoms with Crippen molar-refractivity contribution in [3.05, 3.63) is 18.2 Å². The van der Waals surface area contributed by atoms with Crippen LogP contribution in [0.4, 0.5) is 0 Å². The Balaban J connectivity index is 2.05. The van der Waals surface area contributed by atoms with Crippen LogP contribution in [-0.4, -0.2) is 44.7 Å². The van der Waals surface area contributed by atoms with Crippen molar-refractivity contribution in [2.24, 2.45) is 0 Å². The Morgan fingerprint density at radius 3 is 2.39 bits per heavy atom. The zero-order valence-electron chi connectivity index (χ0n) is 11.7. The minimum atomic E-state index is 0.628. The fraction of sp³-hybridized carbons (Fsp3) is 0.769. The number of aryl methyl sites for hydroxylation is 1. The average molecular weight is 257 g/mol. The fourth-order valence-corrected chi connectivity index (χ4v) is 1.74. The Hall–Kier alpha value is -0.910. The van der Waals surface area contributed by atoms with Gasteiger partial charge in [-0.2, -0.15) is 0 Å². The lowest BCUT2D eigenvalue weighted by molar-refractivity contribution is -0.703. The Morgan fingerprint density at radius 2 is 1.78 bits per heavy atom. The molecular weight excluding hydrogens is 232 g/mol. The van der Waals surface area contributed by atoms with E-state index in [9.17, 15) is 0 Å². The molecule has 0 aliphatic carbocycles. The van der Waals surface area contributed by atoms with Crippen molar-refractivity contribution in [3.63, 3.8) is 0 Å². The molecule has 0 fully saturated rings. The molecule has 5 nitrogen and oxygen atoms in total. The van der Waals surface area contributed by atoms with E-state index >= 15 is 0 Å². The molecule has 0 saturated carbocycles. The lowest BCUT2D eigenvalue weighted by Crippen LogP contribution is -2.37. The summed E-state index contributed by atoms with van der Waals surface area (Å²) < 4.78 is 20.1. The Bertz CT molecular complexity index is 326. The predicted octanol–water partition coefficient (Wildman–Crippen LogP) is 0.784. The van der Waals surface area contributed by atoms with Crippen molar-refractivity contribution in [2.45, 2.75) is 26.9 Å². The third kappa shape index (κ3) is 5.16. The molecule has 1 aromatic heterocycles. The minimum Gasteiger partial charge on any atom is -0.382 e. The van der Waals surface area contributed by atoms with E-state index in [-0.39, 0.29) is 0 Å². The van der Waals surface area contributed by atoms with Crippen molar-refractivity contribution in [1.82, 2.24) is 4.57 Å². The summed E-state index contributed by atoms with van der Waals surface area (Å²) in [6, 6.07) is 0. The van der Waals surface area contributed by atoms with Gasteiger partial charge in [0.1, 0.15) is 18.9 Å². The van der Waals surface area contributed by atoms with Gasteiger partial charge in [0.2, 0.25) is 0 Å². The van der Waals surface area contributed by atoms with Crippen LogP contribution in [-0.2, 0) is 27.3 Å². The van der Waals surface area contributed by atoms with Crippen LogP contribution >= 0.6 is 0 Å². The van der Waals surface area contributed by atoms with E-state index in [1.165, 1.54) is 5.82 Å². The number of imidazole rings is 1. The normalized spacial score (nSPS) is 11.1. The molecular formula is C13H25N2O3+. The average Bonchev–Trinajstić information content (AvgIpc) is 2.73. The zero-order valence-corrected chi connectivity index (χ0v) is 11.7. The highest BCUT2D eigenvalue weighted by Crippen LogP contribution is 1.92. The maximum absolute atomic E-state index is 5.52. The van der Waals surface area contributed by atoms with E-state index < -0.39 is 0 Å². The van der Waals surface area contributed by atoms with E-state index in [1.807, 2.05) is 0 Å². The summed E-state index contributed by atoms with van der Waals surface area (Å²) in [6.07, 6.45) is 4.19. The topological polar surface area (TPSA) is 36.5 Å². The molecule has 0 aromatic carbocycles. The van der Waals surface area contributed by atoms with Crippen molar-refractivity contribution >= 4 is 0 Å². The molecule has 0 radical (unpaired) electrons. The van der Waals surface area contributed by atoms with E-state index in [2.05, 4.69) is 35.4 Å². The van der Waals surface area contributed by atoms with Crippen LogP contribution < -0.4 is 4.57 Å². The first-order valence-electron chi connectivity index (χ1n) is 6.49. The van der Waals surface area contributed by atoms with Gasteiger partial charge in [0.15, 0.2) is 0 Å². The van der Waals surface area contributed by atoms with Crippen molar-refractivity contribution in [3.8, 4) is 0 Å². The molecule has 18 heavy (non-hydrogen) atoms. The number of hydrogen-bond donors (Lipinski definition) is 0. The van der Waals surface area contributed by atoms with Gasteiger partial charge in [0, 0.05) is 14.0 Å². The fourth-order valence-electron chi connectivity index (χ4n) is 1.74. The van der Waals surface area contributed by atoms with Crippen molar-refractivity contribution in [2.75, 3.05) is 40.1 Å². The SMILES string of the molecule is CCn1cc[n+](CCOCCOCCOC)c1C. The van der Waals surface area contributed by atoms with Crippen LogP contribution in [0.3, 0.4) is 0 Å². The molecule has 0 bridgehead atoms. The highest BCUT2D eigenvalue weighted by atomic mass is 16.5. The van der Waals surface area contributed by atoms with E-state index in [1.54, 1.807) is 7.11 Å². The number of ether oxygens (including phenoxy) is 3. The molecule has 104 valence electrons. The van der Waals surface area contributed by atoms with Gasteiger partial charge in [-0.05, 0) is 6.92 Å². The second kappa shape index (κ2) is 9.08. The van der Waals surface area contributed by atoms with Crippen LogP contribution in [0.25, 0.3) is 0 Å². The Morgan fingerprint density at radius 1 is 1.11 bits per heavy atom. The van der Waals surface area contributed by atoms with Gasteiger partial charge in [-0.15, -0.1) is 0 Å². The van der Waals surface area contributed by atoms with Crippen molar-refractivity contribution in [1.29, 1.82) is 0 Å². The molecule has 5 heteroatoms. The number of rotatable bonds is 10. The predicted molar refractivity (Wildman–Crippen MR) is 68.6 cm³/mol. The molecule has 0 atom stereocenters. The molecule has 0 spiro atoms. The first-order chi connectivity index (χ1) is 8.79. The van der Waals surface area contributed by atoms with Gasteiger partial charge >= 0.3 is 0 Å². The van der Waals surface area contributed by atoms with Gasteiger partial charge in [0.05, 0.1) is 39.6 Å². The summed E-state index contributed by atoms with van der Waals surface area (Å²) in [7, 11) is 1.67. The molecule has 0 saturated heterocycles. The monoisotopic (exact) mass is 257 g/mol. The Kier molecular flexibility index (Phi) is 7.64. The molecule has 1 heterocycles. The van der Waals surface area contributed by atoms with Gasteiger partial charge in [-0.25, -0.2) is 9.13 Å². The first kappa shape index (κ1) is 15.1. The molecule has 1 rings (SSSR count). The maximum atomic E-state index is 5.52. The molecule has 0 N–H and O–H groups in total. The summed E-state index contributed by atoms with van der Waals surface area (Å²) >= 11 is 0. The standard InChI is InChI=1S/C13H25N2O3/c1-4-14-5-6-15(13(14)2)7-8-17-11-12-18-10-9-16-3/h5-6H,4,7-12H2,1-3H3/q+1. The van der Waals surface area contributed by atoms with Gasteiger partial charge in [-0.1, -0.05) is 0 Å². The first-order valence-corrected chi connectivity index (χ1v) is 6.49. The van der Waals surface area contributed by atoms with Gasteiger partial charge in [0.25, 0.3) is 5.82 Å². The molecule has 0 unspecified atom stereocenters. The number of hydrogen-bond acceptors (Lipinski definition) is 3. The van der Waals surface area contributed by atoms with Crippen molar-refractivity contribution < 1.29 is 18.8 Å². The number of aromatic nitrogens is 2. The summed E-state index contributed by atoms with van der Waals surface area (Å²) in [5, 5.41) is 0. The maximum Gasteiger partial charge on any atom is 0.253 e. The highest BCUT2D eigenvalue weighted by Gasteiger charge is 2.09. The van der Waals surface area contributed by atoms with Gasteiger partial charge < -0.3 is 14.2 Å². The quantitative estimate of drug-likeness (QED) is 0.459. The van der Waals surface area contributed by atoms with E-state index in [0.29, 0.717) is 33.0 Å². The largest absolute Gasteiger partial charge is 0.382 e. The minimum absolute atomic E-state index is 0.628.